The summed E-state index contributed by atoms with van der Waals surface area (Å²) in [5.41, 5.74) is 1.58. The van der Waals surface area contributed by atoms with Gasteiger partial charge < -0.3 is 10.2 Å². The summed E-state index contributed by atoms with van der Waals surface area (Å²) < 4.78 is 0. The van der Waals surface area contributed by atoms with Crippen LogP contribution in [-0.2, 0) is 0 Å². The summed E-state index contributed by atoms with van der Waals surface area (Å²) >= 11 is 0. The third-order valence-electron chi connectivity index (χ3n) is 3.98. The fraction of sp³-hybridized carbons (Fsp3) is 0.600. The van der Waals surface area contributed by atoms with Crippen LogP contribution in [0.4, 0.5) is 17.1 Å². The Balaban J connectivity index is 2.42. The highest BCUT2D eigenvalue weighted by Crippen LogP contribution is 2.38. The Hall–Kier alpha value is -1.78. The molecule has 1 N–H and O–H groups in total. The van der Waals surface area contributed by atoms with E-state index >= 15 is 0 Å². The van der Waals surface area contributed by atoms with Crippen LogP contribution in [0.3, 0.4) is 0 Å². The largest absolute Gasteiger partial charge is 0.380 e. The topological polar surface area (TPSA) is 58.4 Å². The van der Waals surface area contributed by atoms with E-state index in [-0.39, 0.29) is 10.6 Å². The zero-order chi connectivity index (χ0) is 14.5. The lowest BCUT2D eigenvalue weighted by atomic mass is 10.1. The number of benzene rings is 1. The van der Waals surface area contributed by atoms with E-state index in [4.69, 9.17) is 0 Å². The van der Waals surface area contributed by atoms with Crippen LogP contribution in [0.1, 0.15) is 39.5 Å². The first-order valence-corrected chi connectivity index (χ1v) is 7.47. The number of nitrogens with zero attached hydrogens (tertiary/aromatic N) is 2. The SMILES string of the molecule is CCNc1cccc(N(CC)C2CCCC2)c1[N+](=O)[O-]. The van der Waals surface area contributed by atoms with Crippen LogP contribution < -0.4 is 10.2 Å². The van der Waals surface area contributed by atoms with Crippen LogP contribution in [0.25, 0.3) is 0 Å². The molecule has 0 aromatic heterocycles. The van der Waals surface area contributed by atoms with E-state index in [0.29, 0.717) is 18.3 Å². The van der Waals surface area contributed by atoms with Crippen LogP contribution >= 0.6 is 0 Å². The van der Waals surface area contributed by atoms with Crippen molar-refractivity contribution in [1.82, 2.24) is 0 Å². The van der Waals surface area contributed by atoms with Crippen molar-refractivity contribution < 1.29 is 4.92 Å². The summed E-state index contributed by atoms with van der Waals surface area (Å²) in [6, 6.07) is 6.00. The second kappa shape index (κ2) is 6.59. The smallest absolute Gasteiger partial charge is 0.315 e. The zero-order valence-electron chi connectivity index (χ0n) is 12.3. The van der Waals surface area contributed by atoms with Gasteiger partial charge in [-0.05, 0) is 38.8 Å². The number of nitro benzene ring substituents is 1. The number of anilines is 2. The molecule has 1 fully saturated rings. The molecule has 5 heteroatoms. The standard InChI is InChI=1S/C15H23N3O2/c1-3-16-13-10-7-11-14(15(13)18(19)20)17(4-2)12-8-5-6-9-12/h7,10-12,16H,3-6,8-9H2,1-2H3. The van der Waals surface area contributed by atoms with Gasteiger partial charge >= 0.3 is 5.69 Å². The maximum atomic E-state index is 11.5. The molecule has 1 aliphatic rings. The molecule has 0 amide bonds. The van der Waals surface area contributed by atoms with Crippen LogP contribution in [-0.4, -0.2) is 24.1 Å². The molecule has 5 nitrogen and oxygen atoms in total. The molecule has 0 bridgehead atoms. The highest BCUT2D eigenvalue weighted by atomic mass is 16.6. The molecular formula is C15H23N3O2. The minimum absolute atomic E-state index is 0.211. The molecule has 2 rings (SSSR count). The van der Waals surface area contributed by atoms with Crippen LogP contribution in [0, 0.1) is 10.1 Å². The van der Waals surface area contributed by atoms with Crippen molar-refractivity contribution in [2.24, 2.45) is 0 Å². The lowest BCUT2D eigenvalue weighted by Gasteiger charge is -2.30. The molecule has 0 saturated heterocycles. The Bertz CT molecular complexity index is 470. The van der Waals surface area contributed by atoms with Crippen molar-refractivity contribution in [2.45, 2.75) is 45.6 Å². The van der Waals surface area contributed by atoms with Gasteiger partial charge in [0.25, 0.3) is 0 Å². The molecule has 110 valence electrons. The minimum atomic E-state index is -0.259. The number of nitrogens with one attached hydrogen (secondary N) is 1. The summed E-state index contributed by atoms with van der Waals surface area (Å²) in [7, 11) is 0. The summed E-state index contributed by atoms with van der Waals surface area (Å²) in [5, 5.41) is 14.6. The molecule has 20 heavy (non-hydrogen) atoms. The fourth-order valence-corrected chi connectivity index (χ4v) is 3.13. The van der Waals surface area contributed by atoms with Gasteiger partial charge in [0.1, 0.15) is 11.4 Å². The van der Waals surface area contributed by atoms with E-state index in [0.717, 1.165) is 25.1 Å². The Kier molecular flexibility index (Phi) is 4.82. The Morgan fingerprint density at radius 1 is 1.35 bits per heavy atom. The van der Waals surface area contributed by atoms with Gasteiger partial charge in [0.05, 0.1) is 4.92 Å². The van der Waals surface area contributed by atoms with Crippen molar-refractivity contribution in [3.05, 3.63) is 28.3 Å². The molecule has 0 heterocycles. The van der Waals surface area contributed by atoms with Crippen molar-refractivity contribution >= 4 is 17.1 Å². The maximum Gasteiger partial charge on any atom is 0.315 e. The molecular weight excluding hydrogens is 254 g/mol. The van der Waals surface area contributed by atoms with E-state index in [2.05, 4.69) is 17.1 Å². The average Bonchev–Trinajstić information content (AvgIpc) is 2.94. The molecule has 1 aromatic rings. The van der Waals surface area contributed by atoms with E-state index < -0.39 is 0 Å². The second-order valence-corrected chi connectivity index (χ2v) is 5.19. The number of para-hydroxylation sites is 1. The monoisotopic (exact) mass is 277 g/mol. The quantitative estimate of drug-likeness (QED) is 0.634. The summed E-state index contributed by atoms with van der Waals surface area (Å²) in [4.78, 5) is 13.4. The minimum Gasteiger partial charge on any atom is -0.380 e. The lowest BCUT2D eigenvalue weighted by Crippen LogP contribution is -2.33. The molecule has 1 saturated carbocycles. The summed E-state index contributed by atoms with van der Waals surface area (Å²) in [6.07, 6.45) is 4.72. The van der Waals surface area contributed by atoms with E-state index in [1.165, 1.54) is 12.8 Å². The maximum absolute atomic E-state index is 11.5. The van der Waals surface area contributed by atoms with Gasteiger partial charge in [0.15, 0.2) is 0 Å². The molecule has 0 atom stereocenters. The predicted molar refractivity (Wildman–Crippen MR) is 82.5 cm³/mol. The van der Waals surface area contributed by atoms with Crippen LogP contribution in [0.2, 0.25) is 0 Å². The van der Waals surface area contributed by atoms with Crippen LogP contribution in [0.15, 0.2) is 18.2 Å². The molecule has 0 radical (unpaired) electrons. The summed E-state index contributed by atoms with van der Waals surface area (Å²) in [6.45, 7) is 5.51. The first-order valence-electron chi connectivity index (χ1n) is 7.47. The highest BCUT2D eigenvalue weighted by Gasteiger charge is 2.28. The van der Waals surface area contributed by atoms with Gasteiger partial charge in [0, 0.05) is 19.1 Å². The van der Waals surface area contributed by atoms with Crippen molar-refractivity contribution in [3.63, 3.8) is 0 Å². The van der Waals surface area contributed by atoms with E-state index in [9.17, 15) is 10.1 Å². The van der Waals surface area contributed by atoms with Gasteiger partial charge in [-0.15, -0.1) is 0 Å². The third kappa shape index (κ3) is 2.86. The van der Waals surface area contributed by atoms with Gasteiger partial charge in [-0.1, -0.05) is 18.9 Å². The number of hydrogen-bond donors (Lipinski definition) is 1. The zero-order valence-corrected chi connectivity index (χ0v) is 12.3. The molecule has 0 spiro atoms. The van der Waals surface area contributed by atoms with E-state index in [1.807, 2.05) is 19.1 Å². The van der Waals surface area contributed by atoms with Crippen molar-refractivity contribution in [1.29, 1.82) is 0 Å². The Morgan fingerprint density at radius 3 is 2.60 bits per heavy atom. The predicted octanol–water partition coefficient (Wildman–Crippen LogP) is 3.80. The van der Waals surface area contributed by atoms with Gasteiger partial charge in [-0.25, -0.2) is 0 Å². The van der Waals surface area contributed by atoms with Gasteiger partial charge in [-0.2, -0.15) is 0 Å². The Labute approximate surface area is 120 Å². The van der Waals surface area contributed by atoms with Gasteiger partial charge in [-0.3, -0.25) is 10.1 Å². The third-order valence-corrected chi connectivity index (χ3v) is 3.98. The molecule has 1 aromatic carbocycles. The second-order valence-electron chi connectivity index (χ2n) is 5.19. The number of nitro groups is 1. The first-order chi connectivity index (χ1) is 9.69. The average molecular weight is 277 g/mol. The highest BCUT2D eigenvalue weighted by molar-refractivity contribution is 5.77. The van der Waals surface area contributed by atoms with Crippen LogP contribution in [0.5, 0.6) is 0 Å². The number of rotatable bonds is 6. The van der Waals surface area contributed by atoms with Gasteiger partial charge in [0.2, 0.25) is 0 Å². The molecule has 0 unspecified atom stereocenters. The molecule has 0 aliphatic heterocycles. The first kappa shape index (κ1) is 14.6. The lowest BCUT2D eigenvalue weighted by molar-refractivity contribution is -0.383. The van der Waals surface area contributed by atoms with Crippen molar-refractivity contribution in [3.8, 4) is 0 Å². The van der Waals surface area contributed by atoms with Crippen molar-refractivity contribution in [2.75, 3.05) is 23.3 Å². The van der Waals surface area contributed by atoms with E-state index in [1.54, 1.807) is 6.07 Å². The normalized spacial score (nSPS) is 15.3. The fourth-order valence-electron chi connectivity index (χ4n) is 3.13. The summed E-state index contributed by atoms with van der Waals surface area (Å²) in [5.74, 6) is 0. The molecule has 1 aliphatic carbocycles. The number of hydrogen-bond acceptors (Lipinski definition) is 4. The Morgan fingerprint density at radius 2 is 2.05 bits per heavy atom.